The molecule has 0 heterocycles. The molecule has 0 atom stereocenters. The molecule has 1 amide bonds. The molecule has 2 aromatic carbocycles. The van der Waals surface area contributed by atoms with Crippen molar-refractivity contribution in [1.82, 2.24) is 0 Å². The zero-order valence-corrected chi connectivity index (χ0v) is 12.4. The number of carbonyl (C=O) groups excluding carboxylic acids is 1. The number of anilines is 1. The lowest BCUT2D eigenvalue weighted by molar-refractivity contribution is 0.166. The van der Waals surface area contributed by atoms with E-state index in [9.17, 15) is 9.18 Å². The predicted molar refractivity (Wildman–Crippen MR) is 85.4 cm³/mol. The molecule has 0 saturated carbocycles. The van der Waals surface area contributed by atoms with Crippen molar-refractivity contribution in [2.24, 2.45) is 5.84 Å². The van der Waals surface area contributed by atoms with Crippen LogP contribution < -0.4 is 15.6 Å². The highest BCUT2D eigenvalue weighted by Crippen LogP contribution is 2.19. The first-order valence-corrected chi connectivity index (χ1v) is 6.90. The van der Waals surface area contributed by atoms with Gasteiger partial charge in [0.15, 0.2) is 0 Å². The third kappa shape index (κ3) is 4.82. The van der Waals surface area contributed by atoms with Gasteiger partial charge in [0, 0.05) is 0 Å². The monoisotopic (exact) mass is 316 g/mol. The van der Waals surface area contributed by atoms with Gasteiger partial charge in [0.1, 0.15) is 24.8 Å². The Labute approximate surface area is 133 Å². The molecular weight excluding hydrogens is 299 g/mol. The van der Waals surface area contributed by atoms with E-state index in [0.717, 1.165) is 10.6 Å². The van der Waals surface area contributed by atoms with Crippen molar-refractivity contribution in [3.63, 3.8) is 0 Å². The minimum absolute atomic E-state index is 0.0887. The van der Waals surface area contributed by atoms with Crippen LogP contribution in [0.3, 0.4) is 0 Å². The topological polar surface area (TPSA) is 64.8 Å². The number of nitrogens with two attached hydrogens (primary N) is 1. The van der Waals surface area contributed by atoms with Crippen molar-refractivity contribution in [1.29, 1.82) is 0 Å². The van der Waals surface area contributed by atoms with Gasteiger partial charge in [0.2, 0.25) is 0 Å². The quantitative estimate of drug-likeness (QED) is 0.384. The third-order valence-corrected chi connectivity index (χ3v) is 2.96. The minimum Gasteiger partial charge on any atom is -0.489 e. The van der Waals surface area contributed by atoms with Crippen LogP contribution in [0.5, 0.6) is 5.75 Å². The second kappa shape index (κ2) is 7.95. The van der Waals surface area contributed by atoms with Crippen LogP contribution in [0.2, 0.25) is 0 Å². The molecule has 0 fully saturated rings. The molecule has 120 valence electrons. The van der Waals surface area contributed by atoms with Crippen molar-refractivity contribution in [3.8, 4) is 5.75 Å². The summed E-state index contributed by atoms with van der Waals surface area (Å²) >= 11 is 0. The maximum atomic E-state index is 12.8. The molecule has 0 radical (unpaired) electrons. The fourth-order valence-electron chi connectivity index (χ4n) is 1.76. The van der Waals surface area contributed by atoms with Crippen molar-refractivity contribution in [2.75, 3.05) is 11.6 Å². The summed E-state index contributed by atoms with van der Waals surface area (Å²) in [7, 11) is 0. The molecule has 23 heavy (non-hydrogen) atoms. The standard InChI is InChI=1S/C17H17FN2O3/c1-2-11-22-17(21)20(19)15-7-9-16(10-8-15)23-12-13-3-5-14(18)6-4-13/h2-10H,1,11-12,19H2. The highest BCUT2D eigenvalue weighted by atomic mass is 19.1. The molecule has 2 rings (SSSR count). The van der Waals surface area contributed by atoms with Crippen LogP contribution in [0.15, 0.2) is 61.2 Å². The first kappa shape index (κ1) is 16.5. The number of amides is 1. The lowest BCUT2D eigenvalue weighted by Gasteiger charge is -2.16. The number of carbonyl (C=O) groups is 1. The maximum absolute atomic E-state index is 12.8. The van der Waals surface area contributed by atoms with E-state index in [1.807, 2.05) is 0 Å². The molecule has 0 spiro atoms. The van der Waals surface area contributed by atoms with E-state index >= 15 is 0 Å². The number of hydrogen-bond donors (Lipinski definition) is 1. The first-order valence-electron chi connectivity index (χ1n) is 6.90. The molecule has 0 aliphatic carbocycles. The molecule has 0 unspecified atom stereocenters. The fourth-order valence-corrected chi connectivity index (χ4v) is 1.76. The first-order chi connectivity index (χ1) is 11.1. The number of ether oxygens (including phenoxy) is 2. The second-order valence-electron chi connectivity index (χ2n) is 4.64. The van der Waals surface area contributed by atoms with Crippen molar-refractivity contribution in [2.45, 2.75) is 6.61 Å². The number of hydrazine groups is 1. The molecule has 0 aliphatic rings. The molecule has 0 saturated heterocycles. The zero-order chi connectivity index (χ0) is 16.7. The van der Waals surface area contributed by atoms with Crippen LogP contribution in [-0.4, -0.2) is 12.7 Å². The van der Waals surface area contributed by atoms with Crippen molar-refractivity contribution in [3.05, 3.63) is 72.6 Å². The fraction of sp³-hybridized carbons (Fsp3) is 0.118. The SMILES string of the molecule is C=CCOC(=O)N(N)c1ccc(OCc2ccc(F)cc2)cc1. The van der Waals surface area contributed by atoms with Gasteiger partial charge < -0.3 is 9.47 Å². The Hall–Kier alpha value is -2.86. The van der Waals surface area contributed by atoms with E-state index in [4.69, 9.17) is 15.3 Å². The Balaban J connectivity index is 1.92. The number of halogens is 1. The van der Waals surface area contributed by atoms with Gasteiger partial charge in [0.25, 0.3) is 0 Å². The Morgan fingerprint density at radius 3 is 2.43 bits per heavy atom. The summed E-state index contributed by atoms with van der Waals surface area (Å²) in [6, 6.07) is 12.7. The lowest BCUT2D eigenvalue weighted by atomic mass is 10.2. The molecule has 2 N–H and O–H groups in total. The van der Waals surface area contributed by atoms with Gasteiger partial charge in [-0.25, -0.2) is 20.0 Å². The van der Waals surface area contributed by atoms with Crippen LogP contribution in [0.25, 0.3) is 0 Å². The van der Waals surface area contributed by atoms with Crippen LogP contribution in [0.4, 0.5) is 14.9 Å². The van der Waals surface area contributed by atoms with Gasteiger partial charge in [-0.2, -0.15) is 0 Å². The van der Waals surface area contributed by atoms with E-state index in [-0.39, 0.29) is 12.4 Å². The summed E-state index contributed by atoms with van der Waals surface area (Å²) in [6.07, 6.45) is 0.780. The van der Waals surface area contributed by atoms with E-state index in [2.05, 4.69) is 6.58 Å². The number of benzene rings is 2. The van der Waals surface area contributed by atoms with E-state index in [1.54, 1.807) is 36.4 Å². The third-order valence-electron chi connectivity index (χ3n) is 2.96. The molecule has 2 aromatic rings. The Kier molecular flexibility index (Phi) is 5.71. The van der Waals surface area contributed by atoms with E-state index in [1.165, 1.54) is 18.2 Å². The Bertz CT molecular complexity index is 657. The highest BCUT2D eigenvalue weighted by Gasteiger charge is 2.12. The average molecular weight is 316 g/mol. The van der Waals surface area contributed by atoms with Crippen LogP contribution >= 0.6 is 0 Å². The summed E-state index contributed by atoms with van der Waals surface area (Å²) in [5.41, 5.74) is 1.32. The minimum atomic E-state index is -0.676. The van der Waals surface area contributed by atoms with Crippen LogP contribution in [0.1, 0.15) is 5.56 Å². The number of rotatable bonds is 6. The average Bonchev–Trinajstić information content (AvgIpc) is 2.59. The largest absolute Gasteiger partial charge is 0.489 e. The summed E-state index contributed by atoms with van der Waals surface area (Å²) in [5.74, 6) is 5.97. The zero-order valence-electron chi connectivity index (χ0n) is 12.4. The second-order valence-corrected chi connectivity index (χ2v) is 4.64. The van der Waals surface area contributed by atoms with Crippen LogP contribution in [0, 0.1) is 5.82 Å². The molecule has 0 aliphatic heterocycles. The van der Waals surface area contributed by atoms with E-state index in [0.29, 0.717) is 18.0 Å². The summed E-state index contributed by atoms with van der Waals surface area (Å²) in [4.78, 5) is 11.6. The maximum Gasteiger partial charge on any atom is 0.429 e. The van der Waals surface area contributed by atoms with Gasteiger partial charge >= 0.3 is 6.09 Å². The highest BCUT2D eigenvalue weighted by molar-refractivity contribution is 5.86. The van der Waals surface area contributed by atoms with Crippen LogP contribution in [-0.2, 0) is 11.3 Å². The smallest absolute Gasteiger partial charge is 0.429 e. The molecule has 0 bridgehead atoms. The number of hydrogen-bond acceptors (Lipinski definition) is 4. The van der Waals surface area contributed by atoms with E-state index < -0.39 is 6.09 Å². The molecule has 0 aromatic heterocycles. The normalized spacial score (nSPS) is 10.0. The molecule has 5 nitrogen and oxygen atoms in total. The summed E-state index contributed by atoms with van der Waals surface area (Å²) < 4.78 is 23.2. The number of nitrogens with zero attached hydrogens (tertiary/aromatic N) is 1. The Morgan fingerprint density at radius 1 is 1.17 bits per heavy atom. The summed E-state index contributed by atoms with van der Waals surface area (Å²) in [6.45, 7) is 3.85. The predicted octanol–water partition coefficient (Wildman–Crippen LogP) is 3.41. The molecule has 6 heteroatoms. The van der Waals surface area contributed by atoms with Gasteiger partial charge in [-0.05, 0) is 42.0 Å². The van der Waals surface area contributed by atoms with Crippen molar-refractivity contribution >= 4 is 11.8 Å². The Morgan fingerprint density at radius 2 is 1.83 bits per heavy atom. The van der Waals surface area contributed by atoms with Gasteiger partial charge in [-0.15, -0.1) is 0 Å². The van der Waals surface area contributed by atoms with Gasteiger partial charge in [-0.3, -0.25) is 0 Å². The van der Waals surface area contributed by atoms with Gasteiger partial charge in [0.05, 0.1) is 5.69 Å². The van der Waals surface area contributed by atoms with Gasteiger partial charge in [-0.1, -0.05) is 24.8 Å². The lowest BCUT2D eigenvalue weighted by Crippen LogP contribution is -2.37. The molecular formula is C17H17FN2O3. The van der Waals surface area contributed by atoms with Crippen molar-refractivity contribution < 1.29 is 18.7 Å². The summed E-state index contributed by atoms with van der Waals surface area (Å²) in [5, 5.41) is 0.896.